The summed E-state index contributed by atoms with van der Waals surface area (Å²) >= 11 is 0. The molecule has 2 heterocycles. The van der Waals surface area contributed by atoms with Gasteiger partial charge in [-0.1, -0.05) is 0 Å². The average molecular weight is 237 g/mol. The number of nitrogens with one attached hydrogen (secondary N) is 2. The largest absolute Gasteiger partial charge is 0.381 e. The highest BCUT2D eigenvalue weighted by atomic mass is 16.5. The Hall–Kier alpha value is -1.56. The first-order valence-corrected chi connectivity index (χ1v) is 5.92. The molecular weight excluding hydrogens is 218 g/mol. The highest BCUT2D eigenvalue weighted by Gasteiger charge is 2.13. The summed E-state index contributed by atoms with van der Waals surface area (Å²) in [5.41, 5.74) is 5.62. The van der Waals surface area contributed by atoms with Gasteiger partial charge in [-0.05, 0) is 18.8 Å². The molecular formula is C11H19N5O. The van der Waals surface area contributed by atoms with Gasteiger partial charge in [0.1, 0.15) is 11.6 Å². The van der Waals surface area contributed by atoms with Crippen molar-refractivity contribution >= 4 is 17.6 Å². The van der Waals surface area contributed by atoms with E-state index in [0.29, 0.717) is 5.92 Å². The maximum absolute atomic E-state index is 5.62. The van der Waals surface area contributed by atoms with Gasteiger partial charge in [-0.3, -0.25) is 0 Å². The predicted octanol–water partition coefficient (Wildman–Crippen LogP) is 0.939. The molecule has 1 atom stereocenters. The second-order valence-electron chi connectivity index (χ2n) is 4.21. The van der Waals surface area contributed by atoms with E-state index in [1.165, 1.54) is 6.42 Å². The van der Waals surface area contributed by atoms with Crippen molar-refractivity contribution < 1.29 is 4.74 Å². The second-order valence-corrected chi connectivity index (χ2v) is 4.21. The number of nitrogens with two attached hydrogens (primary N) is 1. The number of nitrogens with zero attached hydrogens (tertiary/aromatic N) is 2. The van der Waals surface area contributed by atoms with Crippen molar-refractivity contribution in [1.82, 2.24) is 9.97 Å². The standard InChI is InChI=1S/C11H19N5O/c1-13-9-5-10(16-11(12)15-9)14-6-8-3-2-4-17-7-8/h5,8H,2-4,6-7H2,1H3,(H4,12,13,14,15,16). The summed E-state index contributed by atoms with van der Waals surface area (Å²) in [6.45, 7) is 2.58. The van der Waals surface area contributed by atoms with Gasteiger partial charge < -0.3 is 21.1 Å². The summed E-state index contributed by atoms with van der Waals surface area (Å²) in [6.07, 6.45) is 2.34. The third kappa shape index (κ3) is 3.45. The van der Waals surface area contributed by atoms with Crippen molar-refractivity contribution in [3.05, 3.63) is 6.07 Å². The zero-order valence-electron chi connectivity index (χ0n) is 10.1. The van der Waals surface area contributed by atoms with Gasteiger partial charge in [0.25, 0.3) is 0 Å². The first kappa shape index (κ1) is 11.9. The molecule has 94 valence electrons. The minimum absolute atomic E-state index is 0.277. The summed E-state index contributed by atoms with van der Waals surface area (Å²) in [4.78, 5) is 8.18. The Morgan fingerprint density at radius 3 is 3.00 bits per heavy atom. The van der Waals surface area contributed by atoms with Gasteiger partial charge in [-0.15, -0.1) is 0 Å². The van der Waals surface area contributed by atoms with Crippen LogP contribution in [-0.2, 0) is 4.74 Å². The van der Waals surface area contributed by atoms with Crippen LogP contribution in [0.4, 0.5) is 17.6 Å². The van der Waals surface area contributed by atoms with Crippen LogP contribution in [0.15, 0.2) is 6.07 Å². The molecule has 0 saturated carbocycles. The van der Waals surface area contributed by atoms with E-state index >= 15 is 0 Å². The van der Waals surface area contributed by atoms with E-state index in [1.54, 1.807) is 7.05 Å². The third-order valence-corrected chi connectivity index (χ3v) is 2.83. The minimum atomic E-state index is 0.277. The average Bonchev–Trinajstić information content (AvgIpc) is 2.37. The van der Waals surface area contributed by atoms with Crippen molar-refractivity contribution in [2.45, 2.75) is 12.8 Å². The van der Waals surface area contributed by atoms with E-state index in [2.05, 4.69) is 20.6 Å². The fourth-order valence-electron chi connectivity index (χ4n) is 1.90. The lowest BCUT2D eigenvalue weighted by Crippen LogP contribution is -2.24. The first-order valence-electron chi connectivity index (χ1n) is 5.92. The lowest BCUT2D eigenvalue weighted by Gasteiger charge is -2.22. The topological polar surface area (TPSA) is 85.1 Å². The molecule has 0 aliphatic carbocycles. The Labute approximate surface area is 101 Å². The molecule has 1 saturated heterocycles. The Bertz CT molecular complexity index is 365. The lowest BCUT2D eigenvalue weighted by atomic mass is 10.0. The van der Waals surface area contributed by atoms with Gasteiger partial charge in [0.05, 0.1) is 6.61 Å². The van der Waals surface area contributed by atoms with Gasteiger partial charge in [-0.25, -0.2) is 0 Å². The van der Waals surface area contributed by atoms with Gasteiger partial charge in [0.15, 0.2) is 0 Å². The molecule has 1 unspecified atom stereocenters. The van der Waals surface area contributed by atoms with Crippen LogP contribution in [-0.4, -0.2) is 36.8 Å². The van der Waals surface area contributed by atoms with Gasteiger partial charge in [0.2, 0.25) is 5.95 Å². The SMILES string of the molecule is CNc1cc(NCC2CCCOC2)nc(N)n1. The maximum Gasteiger partial charge on any atom is 0.223 e. The Morgan fingerprint density at radius 1 is 1.47 bits per heavy atom. The van der Waals surface area contributed by atoms with Crippen LogP contribution in [0.25, 0.3) is 0 Å². The fourth-order valence-corrected chi connectivity index (χ4v) is 1.90. The summed E-state index contributed by atoms with van der Waals surface area (Å²) in [5.74, 6) is 2.31. The molecule has 17 heavy (non-hydrogen) atoms. The van der Waals surface area contributed by atoms with Crippen LogP contribution in [0.3, 0.4) is 0 Å². The number of rotatable bonds is 4. The Kier molecular flexibility index (Phi) is 3.98. The van der Waals surface area contributed by atoms with E-state index in [0.717, 1.165) is 37.8 Å². The van der Waals surface area contributed by atoms with Crippen molar-refractivity contribution in [2.24, 2.45) is 5.92 Å². The number of aromatic nitrogens is 2. The molecule has 0 radical (unpaired) electrons. The van der Waals surface area contributed by atoms with Crippen molar-refractivity contribution in [1.29, 1.82) is 0 Å². The van der Waals surface area contributed by atoms with Gasteiger partial charge in [0, 0.05) is 26.3 Å². The summed E-state index contributed by atoms with van der Waals surface area (Å²) in [5, 5.41) is 6.23. The van der Waals surface area contributed by atoms with Crippen molar-refractivity contribution in [3.8, 4) is 0 Å². The summed E-state index contributed by atoms with van der Waals surface area (Å²) in [6, 6.07) is 1.85. The number of anilines is 3. The molecule has 6 nitrogen and oxygen atoms in total. The lowest BCUT2D eigenvalue weighted by molar-refractivity contribution is 0.0595. The quantitative estimate of drug-likeness (QED) is 0.722. The number of hydrogen-bond donors (Lipinski definition) is 3. The second kappa shape index (κ2) is 5.67. The predicted molar refractivity (Wildman–Crippen MR) is 68.0 cm³/mol. The molecule has 1 aliphatic heterocycles. The molecule has 4 N–H and O–H groups in total. The molecule has 0 amide bonds. The van der Waals surface area contributed by atoms with E-state index in [9.17, 15) is 0 Å². The Morgan fingerprint density at radius 2 is 2.29 bits per heavy atom. The summed E-state index contributed by atoms with van der Waals surface area (Å²) in [7, 11) is 1.81. The van der Waals surface area contributed by atoms with Crippen LogP contribution in [0.1, 0.15) is 12.8 Å². The van der Waals surface area contributed by atoms with Crippen LogP contribution < -0.4 is 16.4 Å². The molecule has 0 bridgehead atoms. The molecule has 1 aromatic rings. The third-order valence-electron chi connectivity index (χ3n) is 2.83. The molecule has 1 aliphatic rings. The van der Waals surface area contributed by atoms with E-state index < -0.39 is 0 Å². The molecule has 1 fully saturated rings. The van der Waals surface area contributed by atoms with Crippen molar-refractivity contribution in [3.63, 3.8) is 0 Å². The summed E-state index contributed by atoms with van der Waals surface area (Å²) < 4.78 is 5.43. The molecule has 1 aromatic heterocycles. The first-order chi connectivity index (χ1) is 8.28. The monoisotopic (exact) mass is 237 g/mol. The van der Waals surface area contributed by atoms with Gasteiger partial charge >= 0.3 is 0 Å². The van der Waals surface area contributed by atoms with Gasteiger partial charge in [-0.2, -0.15) is 9.97 Å². The number of nitrogen functional groups attached to an aromatic ring is 1. The van der Waals surface area contributed by atoms with E-state index in [4.69, 9.17) is 10.5 Å². The van der Waals surface area contributed by atoms with E-state index in [-0.39, 0.29) is 5.95 Å². The number of ether oxygens (including phenoxy) is 1. The van der Waals surface area contributed by atoms with Crippen LogP contribution in [0.2, 0.25) is 0 Å². The Balaban J connectivity index is 1.91. The molecule has 0 spiro atoms. The normalized spacial score (nSPS) is 19.9. The smallest absolute Gasteiger partial charge is 0.223 e. The maximum atomic E-state index is 5.62. The fraction of sp³-hybridized carbons (Fsp3) is 0.636. The van der Waals surface area contributed by atoms with Crippen LogP contribution >= 0.6 is 0 Å². The minimum Gasteiger partial charge on any atom is -0.381 e. The molecule has 2 rings (SSSR count). The number of hydrogen-bond acceptors (Lipinski definition) is 6. The van der Waals surface area contributed by atoms with Crippen LogP contribution in [0, 0.1) is 5.92 Å². The van der Waals surface area contributed by atoms with Crippen molar-refractivity contribution in [2.75, 3.05) is 43.2 Å². The highest BCUT2D eigenvalue weighted by Crippen LogP contribution is 2.16. The molecule has 6 heteroatoms. The van der Waals surface area contributed by atoms with Crippen LogP contribution in [0.5, 0.6) is 0 Å². The zero-order valence-corrected chi connectivity index (χ0v) is 10.1. The molecule has 0 aromatic carbocycles. The highest BCUT2D eigenvalue weighted by molar-refractivity contribution is 5.50. The van der Waals surface area contributed by atoms with E-state index in [1.807, 2.05) is 6.07 Å². The zero-order chi connectivity index (χ0) is 12.1.